The minimum atomic E-state index is 0.235. The van der Waals surface area contributed by atoms with E-state index >= 15 is 0 Å². The first-order valence-corrected chi connectivity index (χ1v) is 8.43. The highest BCUT2D eigenvalue weighted by Crippen LogP contribution is 2.21. The Morgan fingerprint density at radius 3 is 2.75 bits per heavy atom. The molecule has 4 nitrogen and oxygen atoms in total. The highest BCUT2D eigenvalue weighted by Gasteiger charge is 2.19. The SMILES string of the molecule is CN(CCCNC(=O)CC1CCNC1)C1CCCCC1. The molecule has 1 atom stereocenters. The van der Waals surface area contributed by atoms with E-state index in [2.05, 4.69) is 22.6 Å². The van der Waals surface area contributed by atoms with E-state index in [9.17, 15) is 4.79 Å². The van der Waals surface area contributed by atoms with E-state index in [1.807, 2.05) is 0 Å². The van der Waals surface area contributed by atoms with Crippen molar-refractivity contribution in [1.82, 2.24) is 15.5 Å². The molecule has 0 aromatic rings. The van der Waals surface area contributed by atoms with Crippen LogP contribution in [0.3, 0.4) is 0 Å². The van der Waals surface area contributed by atoms with E-state index < -0.39 is 0 Å². The third-order valence-electron chi connectivity index (χ3n) is 4.84. The van der Waals surface area contributed by atoms with E-state index in [1.165, 1.54) is 32.1 Å². The number of rotatable bonds is 7. The summed E-state index contributed by atoms with van der Waals surface area (Å²) in [5.74, 6) is 0.791. The highest BCUT2D eigenvalue weighted by molar-refractivity contribution is 5.76. The van der Waals surface area contributed by atoms with Crippen LogP contribution in [0.4, 0.5) is 0 Å². The van der Waals surface area contributed by atoms with Gasteiger partial charge in [-0.15, -0.1) is 0 Å². The summed E-state index contributed by atoms with van der Waals surface area (Å²) in [6, 6.07) is 0.781. The van der Waals surface area contributed by atoms with Gasteiger partial charge >= 0.3 is 0 Å². The molecule has 0 aromatic heterocycles. The first-order valence-electron chi connectivity index (χ1n) is 8.43. The molecule has 1 saturated carbocycles. The fourth-order valence-corrected chi connectivity index (χ4v) is 3.48. The molecule has 0 spiro atoms. The monoisotopic (exact) mass is 281 g/mol. The van der Waals surface area contributed by atoms with Crippen molar-refractivity contribution in [2.24, 2.45) is 5.92 Å². The molecule has 1 amide bonds. The van der Waals surface area contributed by atoms with E-state index in [4.69, 9.17) is 0 Å². The largest absolute Gasteiger partial charge is 0.356 e. The van der Waals surface area contributed by atoms with Crippen molar-refractivity contribution in [3.05, 3.63) is 0 Å². The lowest BCUT2D eigenvalue weighted by Crippen LogP contribution is -2.36. The van der Waals surface area contributed by atoms with E-state index in [0.717, 1.165) is 45.1 Å². The molecule has 2 N–H and O–H groups in total. The van der Waals surface area contributed by atoms with Crippen LogP contribution in [0.15, 0.2) is 0 Å². The average molecular weight is 281 g/mol. The number of nitrogens with one attached hydrogen (secondary N) is 2. The Hall–Kier alpha value is -0.610. The van der Waals surface area contributed by atoms with Crippen LogP contribution >= 0.6 is 0 Å². The van der Waals surface area contributed by atoms with Gasteiger partial charge in [0, 0.05) is 19.0 Å². The fourth-order valence-electron chi connectivity index (χ4n) is 3.48. The van der Waals surface area contributed by atoms with Gasteiger partial charge in [0.15, 0.2) is 0 Å². The zero-order valence-electron chi connectivity index (χ0n) is 13.0. The van der Waals surface area contributed by atoms with Crippen LogP contribution in [0.1, 0.15) is 51.4 Å². The maximum absolute atomic E-state index is 11.8. The summed E-state index contributed by atoms with van der Waals surface area (Å²) in [6.07, 6.45) is 9.83. The summed E-state index contributed by atoms with van der Waals surface area (Å²) in [7, 11) is 2.24. The third-order valence-corrected chi connectivity index (χ3v) is 4.84. The van der Waals surface area contributed by atoms with Gasteiger partial charge in [-0.2, -0.15) is 0 Å². The summed E-state index contributed by atoms with van der Waals surface area (Å²) < 4.78 is 0. The van der Waals surface area contributed by atoms with Crippen molar-refractivity contribution >= 4 is 5.91 Å². The summed E-state index contributed by atoms with van der Waals surface area (Å²) in [5, 5.41) is 6.38. The molecule has 4 heteroatoms. The smallest absolute Gasteiger partial charge is 0.220 e. The Morgan fingerprint density at radius 1 is 1.25 bits per heavy atom. The maximum atomic E-state index is 11.8. The quantitative estimate of drug-likeness (QED) is 0.699. The first-order chi connectivity index (χ1) is 9.75. The number of hydrogen-bond acceptors (Lipinski definition) is 3. The van der Waals surface area contributed by atoms with Gasteiger partial charge in [-0.25, -0.2) is 0 Å². The lowest BCUT2D eigenvalue weighted by molar-refractivity contribution is -0.121. The Balaban J connectivity index is 1.50. The van der Waals surface area contributed by atoms with E-state index in [1.54, 1.807) is 0 Å². The van der Waals surface area contributed by atoms with Crippen molar-refractivity contribution in [3.8, 4) is 0 Å². The third kappa shape index (κ3) is 5.41. The first kappa shape index (κ1) is 15.8. The molecule has 2 aliphatic rings. The topological polar surface area (TPSA) is 44.4 Å². The van der Waals surface area contributed by atoms with E-state index in [-0.39, 0.29) is 5.91 Å². The number of carbonyl (C=O) groups is 1. The van der Waals surface area contributed by atoms with Gasteiger partial charge in [-0.3, -0.25) is 4.79 Å². The molecule has 2 rings (SSSR count). The van der Waals surface area contributed by atoms with Gasteiger partial charge in [-0.05, 0) is 58.3 Å². The van der Waals surface area contributed by atoms with E-state index in [0.29, 0.717) is 12.3 Å². The molecule has 1 aliphatic heterocycles. The van der Waals surface area contributed by atoms with Gasteiger partial charge in [0.25, 0.3) is 0 Å². The van der Waals surface area contributed by atoms with Gasteiger partial charge in [0.1, 0.15) is 0 Å². The summed E-state index contributed by atoms with van der Waals surface area (Å²) in [4.78, 5) is 14.3. The molecular formula is C16H31N3O. The standard InChI is InChI=1S/C16H31N3O/c1-19(15-6-3-2-4-7-15)11-5-9-18-16(20)12-14-8-10-17-13-14/h14-15,17H,2-13H2,1H3,(H,18,20). The number of nitrogens with zero attached hydrogens (tertiary/aromatic N) is 1. The van der Waals surface area contributed by atoms with Gasteiger partial charge in [0.2, 0.25) is 5.91 Å². The highest BCUT2D eigenvalue weighted by atomic mass is 16.1. The Morgan fingerprint density at radius 2 is 2.05 bits per heavy atom. The molecule has 116 valence electrons. The molecule has 0 radical (unpaired) electrons. The van der Waals surface area contributed by atoms with Crippen LogP contribution in [-0.2, 0) is 4.79 Å². The maximum Gasteiger partial charge on any atom is 0.220 e. The number of amides is 1. The molecule has 2 fully saturated rings. The van der Waals surface area contributed by atoms with Gasteiger partial charge in [-0.1, -0.05) is 19.3 Å². The summed E-state index contributed by atoms with van der Waals surface area (Å²) in [6.45, 7) is 4.02. The predicted octanol–water partition coefficient (Wildman–Crippen LogP) is 1.76. The Bertz CT molecular complexity index is 283. The normalized spacial score (nSPS) is 24.2. The second-order valence-corrected chi connectivity index (χ2v) is 6.54. The van der Waals surface area contributed by atoms with Crippen molar-refractivity contribution in [1.29, 1.82) is 0 Å². The molecule has 0 bridgehead atoms. The Labute approximate surface area is 123 Å². The summed E-state index contributed by atoms with van der Waals surface area (Å²) in [5.41, 5.74) is 0. The van der Waals surface area contributed by atoms with Crippen molar-refractivity contribution in [2.75, 3.05) is 33.2 Å². The predicted molar refractivity (Wildman–Crippen MR) is 82.7 cm³/mol. The lowest BCUT2D eigenvalue weighted by atomic mass is 9.94. The summed E-state index contributed by atoms with van der Waals surface area (Å²) >= 11 is 0. The fraction of sp³-hybridized carbons (Fsp3) is 0.938. The molecular weight excluding hydrogens is 250 g/mol. The van der Waals surface area contributed by atoms with Crippen molar-refractivity contribution in [3.63, 3.8) is 0 Å². The van der Waals surface area contributed by atoms with Gasteiger partial charge in [0.05, 0.1) is 0 Å². The molecule has 1 aliphatic carbocycles. The van der Waals surface area contributed by atoms with Gasteiger partial charge < -0.3 is 15.5 Å². The van der Waals surface area contributed by atoms with Crippen LogP contribution in [0.25, 0.3) is 0 Å². The molecule has 20 heavy (non-hydrogen) atoms. The minimum Gasteiger partial charge on any atom is -0.356 e. The number of carbonyl (C=O) groups excluding carboxylic acids is 1. The van der Waals surface area contributed by atoms with Crippen LogP contribution in [0, 0.1) is 5.92 Å². The van der Waals surface area contributed by atoms with Crippen molar-refractivity contribution < 1.29 is 4.79 Å². The molecule has 1 heterocycles. The zero-order valence-corrected chi connectivity index (χ0v) is 13.0. The van der Waals surface area contributed by atoms with Crippen molar-refractivity contribution in [2.45, 2.75) is 57.4 Å². The molecule has 0 aromatic carbocycles. The minimum absolute atomic E-state index is 0.235. The van der Waals surface area contributed by atoms with Crippen LogP contribution in [-0.4, -0.2) is 50.1 Å². The Kier molecular flexibility index (Phi) is 6.80. The second-order valence-electron chi connectivity index (χ2n) is 6.54. The molecule has 1 unspecified atom stereocenters. The second kappa shape index (κ2) is 8.63. The van der Waals surface area contributed by atoms with Crippen LogP contribution < -0.4 is 10.6 Å². The van der Waals surface area contributed by atoms with Crippen LogP contribution in [0.2, 0.25) is 0 Å². The zero-order chi connectivity index (χ0) is 14.2. The average Bonchev–Trinajstić information content (AvgIpc) is 2.97. The number of hydrogen-bond donors (Lipinski definition) is 2. The lowest BCUT2D eigenvalue weighted by Gasteiger charge is -2.31. The molecule has 1 saturated heterocycles. The van der Waals surface area contributed by atoms with Crippen LogP contribution in [0.5, 0.6) is 0 Å².